The summed E-state index contributed by atoms with van der Waals surface area (Å²) in [7, 11) is 0. The van der Waals surface area contributed by atoms with Gasteiger partial charge in [0.15, 0.2) is 0 Å². The van der Waals surface area contributed by atoms with Gasteiger partial charge in [0.05, 0.1) is 16.9 Å². The zero-order valence-corrected chi connectivity index (χ0v) is 26.0. The molecule has 248 valence electrons. The number of halogens is 3. The molecule has 2 fully saturated rings. The molecule has 14 heteroatoms. The summed E-state index contributed by atoms with van der Waals surface area (Å²) in [4.78, 5) is 26.1. The van der Waals surface area contributed by atoms with Crippen LogP contribution in [0.4, 0.5) is 24.9 Å². The normalized spacial score (nSPS) is 18.3. The fourth-order valence-electron chi connectivity index (χ4n) is 6.70. The summed E-state index contributed by atoms with van der Waals surface area (Å²) < 4.78 is 51.8. The van der Waals surface area contributed by atoms with Crippen molar-refractivity contribution in [2.45, 2.75) is 44.5 Å². The van der Waals surface area contributed by atoms with E-state index in [2.05, 4.69) is 25.4 Å². The first-order valence-electron chi connectivity index (χ1n) is 15.6. The fourth-order valence-corrected chi connectivity index (χ4v) is 6.70. The number of alkyl halides is 3. The van der Waals surface area contributed by atoms with Crippen molar-refractivity contribution in [1.82, 2.24) is 30.0 Å². The number of benzene rings is 2. The molecule has 2 saturated heterocycles. The van der Waals surface area contributed by atoms with E-state index in [0.717, 1.165) is 16.5 Å². The number of hydrogen-bond acceptors (Lipinski definition) is 9. The number of hydrogen-bond donors (Lipinski definition) is 3. The SMILES string of the molecule is Cc1ccn(-c2cc(-c3ccc4cccnc4c3)ccc2C(Oc2cc(N3CCC4(CC3)CN[C@H](C(=O)O)C4)nc(N)n2)C(F)(F)F)n1. The van der Waals surface area contributed by atoms with E-state index in [1.807, 2.05) is 35.2 Å². The Morgan fingerprint density at radius 2 is 1.85 bits per heavy atom. The first-order valence-corrected chi connectivity index (χ1v) is 15.6. The number of piperidine rings is 1. The van der Waals surface area contributed by atoms with Crippen LogP contribution in [-0.4, -0.2) is 67.7 Å². The van der Waals surface area contributed by atoms with Gasteiger partial charge in [-0.2, -0.15) is 28.2 Å². The van der Waals surface area contributed by atoms with Gasteiger partial charge in [0.25, 0.3) is 0 Å². The molecule has 0 saturated carbocycles. The van der Waals surface area contributed by atoms with Crippen LogP contribution in [0, 0.1) is 12.3 Å². The summed E-state index contributed by atoms with van der Waals surface area (Å²) >= 11 is 0. The van der Waals surface area contributed by atoms with Crippen LogP contribution in [0.15, 0.2) is 73.1 Å². The Hall–Kier alpha value is -5.24. The Balaban J connectivity index is 1.20. The number of nitrogens with zero attached hydrogens (tertiary/aromatic N) is 6. The smallest absolute Gasteiger partial charge is 0.429 e. The first-order chi connectivity index (χ1) is 23.0. The molecule has 5 aromatic rings. The molecule has 2 aromatic carbocycles. The van der Waals surface area contributed by atoms with E-state index >= 15 is 0 Å². The number of fused-ring (bicyclic) bond motifs is 1. The number of carbonyl (C=O) groups is 1. The molecule has 2 aliphatic rings. The van der Waals surface area contributed by atoms with Crippen LogP contribution in [-0.2, 0) is 4.79 Å². The summed E-state index contributed by atoms with van der Waals surface area (Å²) in [5.41, 5.74) is 8.73. The minimum Gasteiger partial charge on any atom is -0.480 e. The molecule has 2 atom stereocenters. The number of ether oxygens (including phenoxy) is 1. The Morgan fingerprint density at radius 1 is 1.08 bits per heavy atom. The van der Waals surface area contributed by atoms with Crippen LogP contribution >= 0.6 is 0 Å². The highest BCUT2D eigenvalue weighted by Crippen LogP contribution is 2.43. The lowest BCUT2D eigenvalue weighted by molar-refractivity contribution is -0.198. The largest absolute Gasteiger partial charge is 0.480 e. The van der Waals surface area contributed by atoms with E-state index in [9.17, 15) is 23.1 Å². The van der Waals surface area contributed by atoms with Crippen molar-refractivity contribution in [2.75, 3.05) is 30.3 Å². The Morgan fingerprint density at radius 3 is 2.56 bits per heavy atom. The Kier molecular flexibility index (Phi) is 7.90. The van der Waals surface area contributed by atoms with Crippen LogP contribution in [0.5, 0.6) is 5.88 Å². The number of nitrogens with two attached hydrogens (primary N) is 1. The van der Waals surface area contributed by atoms with E-state index < -0.39 is 24.3 Å². The summed E-state index contributed by atoms with van der Waals surface area (Å²) in [5, 5.41) is 17.9. The number of aliphatic carboxylic acids is 1. The molecule has 4 N–H and O–H groups in total. The van der Waals surface area contributed by atoms with Crippen LogP contribution in [0.25, 0.3) is 27.7 Å². The molecule has 1 spiro atoms. The van der Waals surface area contributed by atoms with E-state index in [1.165, 1.54) is 16.8 Å². The molecular weight excluding hydrogens is 625 g/mol. The van der Waals surface area contributed by atoms with Gasteiger partial charge in [-0.25, -0.2) is 4.68 Å². The van der Waals surface area contributed by atoms with E-state index in [1.54, 1.807) is 37.5 Å². The number of rotatable bonds is 7. The lowest BCUT2D eigenvalue weighted by Crippen LogP contribution is -2.41. The standard InChI is InChI=1S/C34H33F3N8O3/c1-20-8-12-45(43-20)27-16-23(22-5-4-21-3-2-11-39-25(21)15-22)6-7-24(27)30(34(35,36)37)48-29-17-28(41-32(38)42-29)44-13-9-33(10-14-44)18-26(31(46)47)40-19-33/h2-8,11-12,15-17,26,30,40H,9-10,13-14,18-19H2,1H3,(H,46,47)(H2,38,41,42)/t26-,30?/m0/s1. The second-order valence-corrected chi connectivity index (χ2v) is 12.5. The number of anilines is 2. The van der Waals surface area contributed by atoms with Gasteiger partial charge in [-0.3, -0.25) is 9.78 Å². The van der Waals surface area contributed by atoms with Gasteiger partial charge in [0.2, 0.25) is 17.9 Å². The van der Waals surface area contributed by atoms with Crippen molar-refractivity contribution < 1.29 is 27.8 Å². The van der Waals surface area contributed by atoms with Gasteiger partial charge in [0.1, 0.15) is 11.9 Å². The third-order valence-electron chi connectivity index (χ3n) is 9.27. The van der Waals surface area contributed by atoms with Gasteiger partial charge in [-0.15, -0.1) is 0 Å². The van der Waals surface area contributed by atoms with Crippen LogP contribution < -0.4 is 20.7 Å². The van der Waals surface area contributed by atoms with Crippen molar-refractivity contribution >= 4 is 28.6 Å². The molecule has 48 heavy (non-hydrogen) atoms. The molecule has 0 amide bonds. The molecule has 0 radical (unpaired) electrons. The van der Waals surface area contributed by atoms with Gasteiger partial charge < -0.3 is 25.8 Å². The lowest BCUT2D eigenvalue weighted by Gasteiger charge is -2.39. The fraction of sp³-hybridized carbons (Fsp3) is 0.324. The minimum atomic E-state index is -4.83. The summed E-state index contributed by atoms with van der Waals surface area (Å²) in [6.45, 7) is 3.41. The zero-order chi connectivity index (χ0) is 33.6. The van der Waals surface area contributed by atoms with Gasteiger partial charge >= 0.3 is 12.1 Å². The maximum absolute atomic E-state index is 14.9. The second kappa shape index (κ2) is 12.1. The number of carboxylic acids is 1. The highest BCUT2D eigenvalue weighted by molar-refractivity contribution is 5.84. The maximum atomic E-state index is 14.9. The number of nitrogen functional groups attached to an aromatic ring is 1. The number of nitrogens with one attached hydrogen (secondary N) is 1. The predicted octanol–water partition coefficient (Wildman–Crippen LogP) is 5.48. The molecule has 0 bridgehead atoms. The van der Waals surface area contributed by atoms with Crippen molar-refractivity contribution in [3.8, 4) is 22.7 Å². The van der Waals surface area contributed by atoms with E-state index in [-0.39, 0.29) is 28.5 Å². The highest BCUT2D eigenvalue weighted by atomic mass is 19.4. The predicted molar refractivity (Wildman–Crippen MR) is 173 cm³/mol. The van der Waals surface area contributed by atoms with Gasteiger partial charge in [-0.1, -0.05) is 30.3 Å². The van der Waals surface area contributed by atoms with Crippen LogP contribution in [0.2, 0.25) is 0 Å². The molecular formula is C34H33F3N8O3. The lowest BCUT2D eigenvalue weighted by atomic mass is 9.76. The quantitative estimate of drug-likeness (QED) is 0.206. The van der Waals surface area contributed by atoms with Crippen molar-refractivity contribution in [3.05, 3.63) is 84.3 Å². The van der Waals surface area contributed by atoms with Crippen molar-refractivity contribution in [1.29, 1.82) is 0 Å². The maximum Gasteiger partial charge on any atom is 0.429 e. The van der Waals surface area contributed by atoms with Gasteiger partial charge in [0, 0.05) is 49.0 Å². The molecule has 2 aliphatic heterocycles. The molecule has 1 unspecified atom stereocenters. The second-order valence-electron chi connectivity index (χ2n) is 12.5. The summed E-state index contributed by atoms with van der Waals surface area (Å²) in [5.74, 6) is -1.07. The zero-order valence-electron chi connectivity index (χ0n) is 26.0. The van der Waals surface area contributed by atoms with Crippen molar-refractivity contribution in [2.24, 2.45) is 5.41 Å². The summed E-state index contributed by atoms with van der Waals surface area (Å²) in [6, 6.07) is 16.7. The average Bonchev–Trinajstić information content (AvgIpc) is 3.69. The molecule has 7 rings (SSSR count). The van der Waals surface area contributed by atoms with Crippen molar-refractivity contribution in [3.63, 3.8) is 0 Å². The molecule has 0 aliphatic carbocycles. The summed E-state index contributed by atoms with van der Waals surface area (Å²) in [6.07, 6.45) is -2.03. The number of carboxylic acid groups (broad SMARTS) is 1. The average molecular weight is 659 g/mol. The number of aromatic nitrogens is 5. The highest BCUT2D eigenvalue weighted by Gasteiger charge is 2.46. The van der Waals surface area contributed by atoms with Crippen LogP contribution in [0.3, 0.4) is 0 Å². The minimum absolute atomic E-state index is 0.157. The molecule has 11 nitrogen and oxygen atoms in total. The topological polar surface area (TPSA) is 144 Å². The third-order valence-corrected chi connectivity index (χ3v) is 9.27. The van der Waals surface area contributed by atoms with E-state index in [0.29, 0.717) is 56.0 Å². The third kappa shape index (κ3) is 6.22. The number of pyridine rings is 1. The Bertz CT molecular complexity index is 1990. The number of aryl methyl sites for hydroxylation is 1. The monoisotopic (exact) mass is 658 g/mol. The van der Waals surface area contributed by atoms with Gasteiger partial charge in [-0.05, 0) is 67.0 Å². The molecule has 3 aromatic heterocycles. The first kappa shape index (κ1) is 31.4. The Labute approximate surface area is 273 Å². The molecule has 5 heterocycles. The van der Waals surface area contributed by atoms with E-state index in [4.69, 9.17) is 10.5 Å². The van der Waals surface area contributed by atoms with Crippen LogP contribution in [0.1, 0.15) is 36.6 Å².